The molecule has 1 aromatic carbocycles. The Morgan fingerprint density at radius 1 is 1.14 bits per heavy atom. The van der Waals surface area contributed by atoms with Gasteiger partial charge in [0.05, 0.1) is 5.52 Å². The standard InChI is InChI=1S/C17H22N4/c1-20-13-3-4-14(20)11-21(9-7-13)17-6-8-19-16-10-12(18)2-5-15(16)17/h2,5-6,8,10,13-14H,3-4,7,9,11,18H2,1H3. The lowest BCUT2D eigenvalue weighted by Crippen LogP contribution is -2.36. The minimum absolute atomic E-state index is 0.689. The summed E-state index contributed by atoms with van der Waals surface area (Å²) in [5.74, 6) is 0. The molecule has 4 rings (SSSR count). The van der Waals surface area contributed by atoms with Gasteiger partial charge in [-0.15, -0.1) is 0 Å². The molecule has 2 atom stereocenters. The number of nitrogens with two attached hydrogens (primary N) is 1. The van der Waals surface area contributed by atoms with Crippen LogP contribution in [0.25, 0.3) is 10.9 Å². The number of hydrogen-bond acceptors (Lipinski definition) is 4. The van der Waals surface area contributed by atoms with Gasteiger partial charge in [0, 0.05) is 48.1 Å². The molecule has 2 saturated heterocycles. The number of rotatable bonds is 1. The number of nitrogen functional groups attached to an aromatic ring is 1. The molecule has 0 spiro atoms. The van der Waals surface area contributed by atoms with Crippen LogP contribution in [0.5, 0.6) is 0 Å². The molecule has 21 heavy (non-hydrogen) atoms. The van der Waals surface area contributed by atoms with E-state index in [0.29, 0.717) is 6.04 Å². The zero-order valence-electron chi connectivity index (χ0n) is 12.5. The minimum atomic E-state index is 0.689. The van der Waals surface area contributed by atoms with E-state index in [1.807, 2.05) is 18.3 Å². The molecule has 2 N–H and O–H groups in total. The van der Waals surface area contributed by atoms with E-state index in [0.717, 1.165) is 30.3 Å². The molecule has 110 valence electrons. The third kappa shape index (κ3) is 2.14. The Morgan fingerprint density at radius 2 is 2.00 bits per heavy atom. The fourth-order valence-electron chi connectivity index (χ4n) is 3.95. The third-order valence-corrected chi connectivity index (χ3v) is 5.23. The Bertz CT molecular complexity index is 669. The van der Waals surface area contributed by atoms with Crippen LogP contribution in [0.15, 0.2) is 30.5 Å². The van der Waals surface area contributed by atoms with Crippen LogP contribution in [0, 0.1) is 0 Å². The van der Waals surface area contributed by atoms with Crippen molar-refractivity contribution in [3.63, 3.8) is 0 Å². The Labute approximate surface area is 125 Å². The average Bonchev–Trinajstić information content (AvgIpc) is 2.71. The highest BCUT2D eigenvalue weighted by atomic mass is 15.3. The second-order valence-electron chi connectivity index (χ2n) is 6.39. The molecule has 2 unspecified atom stereocenters. The molecule has 0 amide bonds. The maximum atomic E-state index is 5.88. The van der Waals surface area contributed by atoms with Crippen molar-refractivity contribution in [1.82, 2.24) is 9.88 Å². The highest BCUT2D eigenvalue weighted by Crippen LogP contribution is 2.33. The molecular formula is C17H22N4. The highest BCUT2D eigenvalue weighted by Gasteiger charge is 2.34. The Hall–Kier alpha value is -1.81. The third-order valence-electron chi connectivity index (χ3n) is 5.23. The van der Waals surface area contributed by atoms with Gasteiger partial charge in [-0.1, -0.05) is 0 Å². The second kappa shape index (κ2) is 4.88. The number of aromatic nitrogens is 1. The van der Waals surface area contributed by atoms with Crippen molar-refractivity contribution in [2.45, 2.75) is 31.3 Å². The normalized spacial score (nSPS) is 26.2. The first-order valence-corrected chi connectivity index (χ1v) is 7.83. The summed E-state index contributed by atoms with van der Waals surface area (Å²) in [4.78, 5) is 9.59. The van der Waals surface area contributed by atoms with Gasteiger partial charge in [-0.25, -0.2) is 0 Å². The van der Waals surface area contributed by atoms with Gasteiger partial charge < -0.3 is 10.6 Å². The number of pyridine rings is 1. The number of likely N-dealkylation sites (N-methyl/N-ethyl adjacent to an activating group) is 1. The topological polar surface area (TPSA) is 45.4 Å². The lowest BCUT2D eigenvalue weighted by molar-refractivity contribution is 0.254. The molecule has 2 aromatic rings. The van der Waals surface area contributed by atoms with Crippen molar-refractivity contribution in [1.29, 1.82) is 0 Å². The van der Waals surface area contributed by atoms with Crippen LogP contribution >= 0.6 is 0 Å². The minimum Gasteiger partial charge on any atom is -0.399 e. The average molecular weight is 282 g/mol. The molecule has 4 nitrogen and oxygen atoms in total. The molecule has 3 heterocycles. The molecular weight excluding hydrogens is 260 g/mol. The van der Waals surface area contributed by atoms with Crippen LogP contribution in [0.3, 0.4) is 0 Å². The van der Waals surface area contributed by atoms with Crippen molar-refractivity contribution >= 4 is 22.3 Å². The molecule has 2 bridgehead atoms. The lowest BCUT2D eigenvalue weighted by Gasteiger charge is -2.28. The summed E-state index contributed by atoms with van der Waals surface area (Å²) in [6.45, 7) is 2.26. The van der Waals surface area contributed by atoms with Gasteiger partial charge in [0.2, 0.25) is 0 Å². The van der Waals surface area contributed by atoms with Crippen molar-refractivity contribution in [2.75, 3.05) is 30.8 Å². The smallest absolute Gasteiger partial charge is 0.0743 e. The summed E-state index contributed by atoms with van der Waals surface area (Å²) in [6, 6.07) is 9.66. The predicted octanol–water partition coefficient (Wildman–Crippen LogP) is 2.49. The largest absolute Gasteiger partial charge is 0.399 e. The summed E-state index contributed by atoms with van der Waals surface area (Å²) in [5, 5.41) is 1.21. The predicted molar refractivity (Wildman–Crippen MR) is 87.6 cm³/mol. The SMILES string of the molecule is CN1C2CCC1CN(c1ccnc3cc(N)ccc13)CC2. The van der Waals surface area contributed by atoms with Crippen LogP contribution in [0.2, 0.25) is 0 Å². The van der Waals surface area contributed by atoms with Crippen LogP contribution in [-0.2, 0) is 0 Å². The summed E-state index contributed by atoms with van der Waals surface area (Å²) >= 11 is 0. The van der Waals surface area contributed by atoms with E-state index in [4.69, 9.17) is 5.73 Å². The second-order valence-corrected chi connectivity index (χ2v) is 6.39. The zero-order valence-corrected chi connectivity index (χ0v) is 12.5. The number of benzene rings is 1. The maximum absolute atomic E-state index is 5.88. The van der Waals surface area contributed by atoms with E-state index < -0.39 is 0 Å². The van der Waals surface area contributed by atoms with Gasteiger partial charge >= 0.3 is 0 Å². The number of hydrogen-bond donors (Lipinski definition) is 1. The first-order valence-electron chi connectivity index (χ1n) is 7.83. The van der Waals surface area contributed by atoms with E-state index in [1.165, 1.54) is 30.3 Å². The fourth-order valence-corrected chi connectivity index (χ4v) is 3.95. The Morgan fingerprint density at radius 3 is 2.90 bits per heavy atom. The first kappa shape index (κ1) is 12.9. The van der Waals surface area contributed by atoms with E-state index in [9.17, 15) is 0 Å². The van der Waals surface area contributed by atoms with Crippen molar-refractivity contribution in [3.05, 3.63) is 30.5 Å². The first-order chi connectivity index (χ1) is 10.2. The van der Waals surface area contributed by atoms with E-state index in [-0.39, 0.29) is 0 Å². The van der Waals surface area contributed by atoms with Crippen LogP contribution in [-0.4, -0.2) is 42.1 Å². The molecule has 4 heteroatoms. The van der Waals surface area contributed by atoms with Gasteiger partial charge in [-0.05, 0) is 50.6 Å². The molecule has 1 aromatic heterocycles. The van der Waals surface area contributed by atoms with E-state index in [2.05, 4.69) is 34.0 Å². The van der Waals surface area contributed by atoms with Crippen LogP contribution < -0.4 is 10.6 Å². The van der Waals surface area contributed by atoms with Gasteiger partial charge in [-0.3, -0.25) is 9.88 Å². The van der Waals surface area contributed by atoms with Crippen molar-refractivity contribution < 1.29 is 0 Å². The zero-order chi connectivity index (χ0) is 14.4. The molecule has 0 saturated carbocycles. The summed E-state index contributed by atoms with van der Waals surface area (Å²) in [6.07, 6.45) is 5.85. The highest BCUT2D eigenvalue weighted by molar-refractivity contribution is 5.93. The van der Waals surface area contributed by atoms with Gasteiger partial charge in [0.25, 0.3) is 0 Å². The molecule has 2 aliphatic rings. The molecule has 2 aliphatic heterocycles. The number of anilines is 2. The monoisotopic (exact) mass is 282 g/mol. The van der Waals surface area contributed by atoms with Crippen LogP contribution in [0.1, 0.15) is 19.3 Å². The maximum Gasteiger partial charge on any atom is 0.0743 e. The number of fused-ring (bicyclic) bond motifs is 3. The summed E-state index contributed by atoms with van der Waals surface area (Å²) in [7, 11) is 2.29. The quantitative estimate of drug-likeness (QED) is 0.816. The van der Waals surface area contributed by atoms with Gasteiger partial charge in [0.15, 0.2) is 0 Å². The van der Waals surface area contributed by atoms with Crippen LogP contribution in [0.4, 0.5) is 11.4 Å². The van der Waals surface area contributed by atoms with Crippen molar-refractivity contribution in [3.8, 4) is 0 Å². The summed E-state index contributed by atoms with van der Waals surface area (Å²) < 4.78 is 0. The molecule has 0 radical (unpaired) electrons. The number of nitrogens with zero attached hydrogens (tertiary/aromatic N) is 3. The molecule has 2 fully saturated rings. The fraction of sp³-hybridized carbons (Fsp3) is 0.471. The van der Waals surface area contributed by atoms with Crippen molar-refractivity contribution in [2.24, 2.45) is 0 Å². The Kier molecular flexibility index (Phi) is 3.00. The Balaban J connectivity index is 1.73. The van der Waals surface area contributed by atoms with Gasteiger partial charge in [0.1, 0.15) is 0 Å². The molecule has 0 aliphatic carbocycles. The van der Waals surface area contributed by atoms with E-state index in [1.54, 1.807) is 0 Å². The van der Waals surface area contributed by atoms with E-state index >= 15 is 0 Å². The summed E-state index contributed by atoms with van der Waals surface area (Å²) in [5.41, 5.74) is 8.97. The lowest BCUT2D eigenvalue weighted by atomic mass is 10.1. The van der Waals surface area contributed by atoms with Gasteiger partial charge in [-0.2, -0.15) is 0 Å².